The maximum Gasteiger partial charge on any atom is 0.146 e. The van der Waals surface area contributed by atoms with Gasteiger partial charge < -0.3 is 15.2 Å². The van der Waals surface area contributed by atoms with Gasteiger partial charge in [-0.1, -0.05) is 17.7 Å². The van der Waals surface area contributed by atoms with Gasteiger partial charge in [0.25, 0.3) is 0 Å². The lowest BCUT2D eigenvalue weighted by atomic mass is 10.2. The molecule has 0 aliphatic rings. The van der Waals surface area contributed by atoms with E-state index in [1.807, 2.05) is 32.0 Å². The number of nitrogen functional groups attached to an aromatic ring is 1. The van der Waals surface area contributed by atoms with Crippen LogP contribution in [0.15, 0.2) is 36.4 Å². The van der Waals surface area contributed by atoms with Gasteiger partial charge in [-0.15, -0.1) is 0 Å². The van der Waals surface area contributed by atoms with Crippen molar-refractivity contribution < 1.29 is 9.47 Å². The van der Waals surface area contributed by atoms with Crippen LogP contribution < -0.4 is 15.2 Å². The second-order valence-corrected chi connectivity index (χ2v) is 4.61. The topological polar surface area (TPSA) is 44.5 Å². The van der Waals surface area contributed by atoms with Gasteiger partial charge in [-0.25, -0.2) is 0 Å². The summed E-state index contributed by atoms with van der Waals surface area (Å²) in [6.45, 7) is 4.47. The Morgan fingerprint density at radius 2 is 1.84 bits per heavy atom. The third-order valence-corrected chi connectivity index (χ3v) is 2.82. The van der Waals surface area contributed by atoms with Crippen molar-refractivity contribution in [3.63, 3.8) is 0 Å². The van der Waals surface area contributed by atoms with Crippen molar-refractivity contribution in [3.05, 3.63) is 47.0 Å². The second kappa shape index (κ2) is 5.85. The van der Waals surface area contributed by atoms with E-state index in [4.69, 9.17) is 26.8 Å². The van der Waals surface area contributed by atoms with Crippen LogP contribution in [0, 0.1) is 6.92 Å². The highest BCUT2D eigenvalue weighted by atomic mass is 35.5. The summed E-state index contributed by atoms with van der Waals surface area (Å²) in [5.41, 5.74) is 7.48. The van der Waals surface area contributed by atoms with Crippen LogP contribution in [-0.2, 0) is 0 Å². The molecule has 0 aromatic heterocycles. The van der Waals surface area contributed by atoms with Gasteiger partial charge in [0.05, 0.1) is 11.6 Å². The van der Waals surface area contributed by atoms with Crippen LogP contribution in [0.25, 0.3) is 0 Å². The van der Waals surface area contributed by atoms with Crippen LogP contribution in [0.5, 0.6) is 17.2 Å². The molecule has 0 aliphatic heterocycles. The first-order valence-corrected chi connectivity index (χ1v) is 6.43. The highest BCUT2D eigenvalue weighted by Crippen LogP contribution is 2.33. The first-order chi connectivity index (χ1) is 9.08. The summed E-state index contributed by atoms with van der Waals surface area (Å²) >= 11 is 6.13. The van der Waals surface area contributed by atoms with Crippen LogP contribution in [-0.4, -0.2) is 6.61 Å². The Kier molecular flexibility index (Phi) is 4.17. The van der Waals surface area contributed by atoms with Crippen molar-refractivity contribution in [3.8, 4) is 17.2 Å². The smallest absolute Gasteiger partial charge is 0.146 e. The van der Waals surface area contributed by atoms with E-state index < -0.39 is 0 Å². The van der Waals surface area contributed by atoms with E-state index in [0.29, 0.717) is 34.6 Å². The van der Waals surface area contributed by atoms with Gasteiger partial charge in [0.2, 0.25) is 0 Å². The summed E-state index contributed by atoms with van der Waals surface area (Å²) in [5.74, 6) is 1.88. The molecule has 0 fully saturated rings. The van der Waals surface area contributed by atoms with E-state index in [2.05, 4.69) is 0 Å². The standard InChI is InChI=1S/C15H16ClNO2/c1-3-18-12-7-11(17)8-13(9-12)19-15-5-4-10(2)6-14(15)16/h4-9H,3,17H2,1-2H3. The van der Waals surface area contributed by atoms with E-state index in [-0.39, 0.29) is 0 Å². The summed E-state index contributed by atoms with van der Waals surface area (Å²) < 4.78 is 11.2. The number of rotatable bonds is 4. The minimum atomic E-state index is 0.570. The molecular formula is C15H16ClNO2. The fourth-order valence-corrected chi connectivity index (χ4v) is 1.99. The lowest BCUT2D eigenvalue weighted by molar-refractivity contribution is 0.338. The molecule has 0 saturated carbocycles. The molecule has 0 saturated heterocycles. The average Bonchev–Trinajstić information content (AvgIpc) is 2.32. The summed E-state index contributed by atoms with van der Waals surface area (Å²) in [5, 5.41) is 0.570. The maximum absolute atomic E-state index is 6.13. The van der Waals surface area contributed by atoms with Crippen LogP contribution >= 0.6 is 11.6 Å². The zero-order valence-corrected chi connectivity index (χ0v) is 11.7. The number of ether oxygens (including phenoxy) is 2. The minimum absolute atomic E-state index is 0.570. The van der Waals surface area contributed by atoms with Crippen molar-refractivity contribution in [1.29, 1.82) is 0 Å². The molecule has 0 atom stereocenters. The van der Waals surface area contributed by atoms with Gasteiger partial charge >= 0.3 is 0 Å². The Balaban J connectivity index is 2.27. The molecule has 3 nitrogen and oxygen atoms in total. The van der Waals surface area contributed by atoms with Crippen LogP contribution in [0.3, 0.4) is 0 Å². The Hall–Kier alpha value is -1.87. The van der Waals surface area contributed by atoms with Crippen LogP contribution in [0.4, 0.5) is 5.69 Å². The monoisotopic (exact) mass is 277 g/mol. The molecule has 19 heavy (non-hydrogen) atoms. The number of aryl methyl sites for hydroxylation is 1. The maximum atomic E-state index is 6.13. The first kappa shape index (κ1) is 13.6. The van der Waals surface area contributed by atoms with Crippen molar-refractivity contribution >= 4 is 17.3 Å². The predicted molar refractivity (Wildman–Crippen MR) is 78.3 cm³/mol. The highest BCUT2D eigenvalue weighted by Gasteiger charge is 2.06. The molecule has 2 rings (SSSR count). The number of halogens is 1. The van der Waals surface area contributed by atoms with E-state index in [9.17, 15) is 0 Å². The second-order valence-electron chi connectivity index (χ2n) is 4.21. The zero-order valence-electron chi connectivity index (χ0n) is 10.9. The van der Waals surface area contributed by atoms with Gasteiger partial charge in [0.15, 0.2) is 0 Å². The molecule has 0 aliphatic carbocycles. The van der Waals surface area contributed by atoms with Gasteiger partial charge in [0, 0.05) is 23.9 Å². The molecule has 2 aromatic rings. The quantitative estimate of drug-likeness (QED) is 0.841. The normalized spacial score (nSPS) is 10.3. The summed E-state index contributed by atoms with van der Waals surface area (Å²) in [6, 6.07) is 10.9. The molecular weight excluding hydrogens is 262 g/mol. The van der Waals surface area contributed by atoms with E-state index in [1.165, 1.54) is 0 Å². The molecule has 100 valence electrons. The third-order valence-electron chi connectivity index (χ3n) is 2.53. The number of hydrogen-bond donors (Lipinski definition) is 1. The third kappa shape index (κ3) is 3.55. The molecule has 0 unspecified atom stereocenters. The molecule has 2 aromatic carbocycles. The summed E-state index contributed by atoms with van der Waals surface area (Å²) in [6.07, 6.45) is 0. The molecule has 4 heteroatoms. The zero-order chi connectivity index (χ0) is 13.8. The van der Waals surface area contributed by atoms with Gasteiger partial charge in [-0.3, -0.25) is 0 Å². The molecule has 0 amide bonds. The Labute approximate surface area is 117 Å². The fraction of sp³-hybridized carbons (Fsp3) is 0.200. The van der Waals surface area contributed by atoms with Crippen molar-refractivity contribution in [1.82, 2.24) is 0 Å². The number of anilines is 1. The number of benzene rings is 2. The number of nitrogens with two attached hydrogens (primary N) is 1. The molecule has 0 spiro atoms. The largest absolute Gasteiger partial charge is 0.494 e. The van der Waals surface area contributed by atoms with Crippen molar-refractivity contribution in [2.45, 2.75) is 13.8 Å². The SMILES string of the molecule is CCOc1cc(N)cc(Oc2ccc(C)cc2Cl)c1. The van der Waals surface area contributed by atoms with Gasteiger partial charge in [-0.05, 0) is 31.5 Å². The molecule has 0 radical (unpaired) electrons. The van der Waals surface area contributed by atoms with Gasteiger partial charge in [-0.2, -0.15) is 0 Å². The predicted octanol–water partition coefficient (Wildman–Crippen LogP) is 4.42. The Morgan fingerprint density at radius 3 is 2.53 bits per heavy atom. The highest BCUT2D eigenvalue weighted by molar-refractivity contribution is 6.32. The van der Waals surface area contributed by atoms with Crippen LogP contribution in [0.2, 0.25) is 5.02 Å². The molecule has 0 bridgehead atoms. The lowest BCUT2D eigenvalue weighted by Crippen LogP contribution is -1.95. The van der Waals surface area contributed by atoms with E-state index in [1.54, 1.807) is 18.2 Å². The molecule has 2 N–H and O–H groups in total. The summed E-state index contributed by atoms with van der Waals surface area (Å²) in [4.78, 5) is 0. The molecule has 0 heterocycles. The summed E-state index contributed by atoms with van der Waals surface area (Å²) in [7, 11) is 0. The van der Waals surface area contributed by atoms with Crippen molar-refractivity contribution in [2.75, 3.05) is 12.3 Å². The van der Waals surface area contributed by atoms with Gasteiger partial charge in [0.1, 0.15) is 17.2 Å². The lowest BCUT2D eigenvalue weighted by Gasteiger charge is -2.11. The van der Waals surface area contributed by atoms with Crippen LogP contribution in [0.1, 0.15) is 12.5 Å². The number of hydrogen-bond acceptors (Lipinski definition) is 3. The average molecular weight is 278 g/mol. The Bertz CT molecular complexity index is 584. The van der Waals surface area contributed by atoms with E-state index >= 15 is 0 Å². The van der Waals surface area contributed by atoms with E-state index in [0.717, 1.165) is 5.56 Å². The Morgan fingerprint density at radius 1 is 1.11 bits per heavy atom. The minimum Gasteiger partial charge on any atom is -0.494 e. The fourth-order valence-electron chi connectivity index (χ4n) is 1.72. The van der Waals surface area contributed by atoms with Crippen molar-refractivity contribution in [2.24, 2.45) is 0 Å². The first-order valence-electron chi connectivity index (χ1n) is 6.06.